The van der Waals surface area contributed by atoms with Gasteiger partial charge >= 0.3 is 0 Å². The Kier molecular flexibility index (Phi) is 5.49. The van der Waals surface area contributed by atoms with Crippen molar-refractivity contribution < 1.29 is 9.90 Å². The Morgan fingerprint density at radius 3 is 2.67 bits per heavy atom. The minimum Gasteiger partial charge on any atom is -0.506 e. The molecule has 1 aromatic carbocycles. The van der Waals surface area contributed by atoms with E-state index >= 15 is 0 Å². The van der Waals surface area contributed by atoms with Gasteiger partial charge in [0.05, 0.1) is 16.3 Å². The zero-order valence-corrected chi connectivity index (χ0v) is 15.1. The average Bonchev–Trinajstić information content (AvgIpc) is 2.43. The summed E-state index contributed by atoms with van der Waals surface area (Å²) < 4.78 is 2.00. The van der Waals surface area contributed by atoms with Crippen molar-refractivity contribution in [3.05, 3.63) is 55.1 Å². The van der Waals surface area contributed by atoms with Crippen molar-refractivity contribution in [2.75, 3.05) is 0 Å². The lowest BCUT2D eigenvalue weighted by atomic mass is 10.2. The van der Waals surface area contributed by atoms with Crippen LogP contribution < -0.4 is 5.43 Å². The molecule has 108 valence electrons. The third-order valence-corrected chi connectivity index (χ3v) is 3.89. The zero-order valence-electron chi connectivity index (χ0n) is 10.3. The monoisotopic (exact) mass is 475 g/mol. The highest BCUT2D eigenvalue weighted by Crippen LogP contribution is 2.30. The lowest BCUT2D eigenvalue weighted by Crippen LogP contribution is -2.17. The maximum absolute atomic E-state index is 11.8. The van der Waals surface area contributed by atoms with Gasteiger partial charge in [-0.05, 0) is 50.1 Å². The molecule has 8 heteroatoms. The van der Waals surface area contributed by atoms with Gasteiger partial charge in [-0.2, -0.15) is 5.10 Å². The molecule has 0 spiro atoms. The number of aromatic nitrogens is 1. The Morgan fingerprint density at radius 2 is 1.95 bits per heavy atom. The van der Waals surface area contributed by atoms with Crippen LogP contribution >= 0.6 is 47.8 Å². The van der Waals surface area contributed by atoms with Crippen LogP contribution in [0.5, 0.6) is 5.75 Å². The van der Waals surface area contributed by atoms with Crippen molar-refractivity contribution in [2.24, 2.45) is 5.10 Å². The number of carbonyl (C=O) groups is 1. The van der Waals surface area contributed by atoms with E-state index in [0.29, 0.717) is 20.1 Å². The van der Waals surface area contributed by atoms with E-state index in [9.17, 15) is 9.90 Å². The first-order valence-corrected chi connectivity index (χ1v) is 7.97. The number of phenols is 1. The molecule has 0 aliphatic carbocycles. The molecule has 0 aliphatic rings. The van der Waals surface area contributed by atoms with Gasteiger partial charge in [-0.1, -0.05) is 15.9 Å². The highest BCUT2D eigenvalue weighted by molar-refractivity contribution is 9.11. The maximum Gasteiger partial charge on any atom is 0.272 e. The third-order valence-electron chi connectivity index (χ3n) is 2.39. The number of aromatic hydroxyl groups is 1. The van der Waals surface area contributed by atoms with Crippen LogP contribution in [0.2, 0.25) is 0 Å². The second-order valence-corrected chi connectivity index (χ2v) is 6.60. The number of nitrogens with one attached hydrogen (secondary N) is 1. The predicted octanol–water partition coefficient (Wildman–Crippen LogP) is 3.84. The number of carbonyl (C=O) groups excluding carboxylic acids is 1. The number of hydrogen-bond acceptors (Lipinski definition) is 4. The summed E-state index contributed by atoms with van der Waals surface area (Å²) >= 11 is 9.77. The number of nitrogens with zero attached hydrogens (tertiary/aromatic N) is 2. The van der Waals surface area contributed by atoms with Crippen LogP contribution in [0.3, 0.4) is 0 Å². The first-order chi connectivity index (χ1) is 9.97. The van der Waals surface area contributed by atoms with Crippen molar-refractivity contribution in [3.8, 4) is 5.75 Å². The maximum atomic E-state index is 11.8. The van der Waals surface area contributed by atoms with Crippen LogP contribution in [0.1, 0.15) is 15.9 Å². The minimum absolute atomic E-state index is 0.0420. The molecule has 21 heavy (non-hydrogen) atoms. The lowest BCUT2D eigenvalue weighted by molar-refractivity contribution is 0.0954. The van der Waals surface area contributed by atoms with Crippen LogP contribution in [0.4, 0.5) is 0 Å². The van der Waals surface area contributed by atoms with Gasteiger partial charge in [-0.25, -0.2) is 5.43 Å². The molecule has 0 aliphatic heterocycles. The smallest absolute Gasteiger partial charge is 0.272 e. The third kappa shape index (κ3) is 4.36. The Hall–Kier alpha value is -1.25. The molecule has 1 heterocycles. The van der Waals surface area contributed by atoms with Crippen molar-refractivity contribution in [1.29, 1.82) is 0 Å². The summed E-state index contributed by atoms with van der Waals surface area (Å²) in [7, 11) is 0. The van der Waals surface area contributed by atoms with Crippen LogP contribution in [-0.2, 0) is 0 Å². The van der Waals surface area contributed by atoms with Crippen molar-refractivity contribution in [3.63, 3.8) is 0 Å². The molecule has 2 N–H and O–H groups in total. The molecule has 0 radical (unpaired) electrons. The fourth-order valence-corrected chi connectivity index (χ4v) is 3.07. The molecule has 0 saturated heterocycles. The SMILES string of the molecule is O=C(N/N=C/c1cc(Br)cc(Br)c1O)c1cncc(Br)c1. The molecule has 1 amide bonds. The van der Waals surface area contributed by atoms with Gasteiger partial charge < -0.3 is 5.11 Å². The Morgan fingerprint density at radius 1 is 1.19 bits per heavy atom. The summed E-state index contributed by atoms with van der Waals surface area (Å²) in [5.74, 6) is -0.353. The van der Waals surface area contributed by atoms with E-state index < -0.39 is 5.91 Å². The van der Waals surface area contributed by atoms with Gasteiger partial charge in [0.25, 0.3) is 5.91 Å². The Labute approximate surface area is 145 Å². The second kappa shape index (κ2) is 7.15. The molecular weight excluding hydrogens is 470 g/mol. The number of hydrazone groups is 1. The normalized spacial score (nSPS) is 10.8. The van der Waals surface area contributed by atoms with Crippen LogP contribution in [0.25, 0.3) is 0 Å². The fraction of sp³-hybridized carbons (Fsp3) is 0. The molecule has 0 fully saturated rings. The van der Waals surface area contributed by atoms with Crippen LogP contribution in [0, 0.1) is 0 Å². The second-order valence-electron chi connectivity index (χ2n) is 3.92. The van der Waals surface area contributed by atoms with Gasteiger partial charge in [-0.3, -0.25) is 9.78 Å². The van der Waals surface area contributed by atoms with Gasteiger partial charge in [0.1, 0.15) is 5.75 Å². The largest absolute Gasteiger partial charge is 0.506 e. The van der Waals surface area contributed by atoms with E-state index in [0.717, 1.165) is 4.47 Å². The molecule has 1 aromatic heterocycles. The van der Waals surface area contributed by atoms with Gasteiger partial charge in [0, 0.05) is 26.9 Å². The van der Waals surface area contributed by atoms with Crippen molar-refractivity contribution in [2.45, 2.75) is 0 Å². The fourth-order valence-electron chi connectivity index (χ4n) is 1.45. The Bertz CT molecular complexity index is 720. The summed E-state index contributed by atoms with van der Waals surface area (Å²) in [5.41, 5.74) is 3.21. The standard InChI is InChI=1S/C13H8Br3N3O2/c14-9-1-7(12(20)11(16)3-9)5-18-19-13(21)8-2-10(15)6-17-4-8/h1-6,20H,(H,19,21)/b18-5+. The van der Waals surface area contributed by atoms with Crippen molar-refractivity contribution >= 4 is 59.9 Å². The average molecular weight is 478 g/mol. The first kappa shape index (κ1) is 16.1. The van der Waals surface area contributed by atoms with E-state index in [1.807, 2.05) is 0 Å². The molecular formula is C13H8Br3N3O2. The number of amides is 1. The molecule has 5 nitrogen and oxygen atoms in total. The van der Waals surface area contributed by atoms with Crippen molar-refractivity contribution in [1.82, 2.24) is 10.4 Å². The van der Waals surface area contributed by atoms with E-state index in [4.69, 9.17) is 0 Å². The first-order valence-electron chi connectivity index (χ1n) is 5.59. The van der Waals surface area contributed by atoms with Gasteiger partial charge in [0.2, 0.25) is 0 Å². The molecule has 2 rings (SSSR count). The highest BCUT2D eigenvalue weighted by atomic mass is 79.9. The molecule has 2 aromatic rings. The van der Waals surface area contributed by atoms with E-state index in [1.165, 1.54) is 12.4 Å². The van der Waals surface area contributed by atoms with E-state index in [-0.39, 0.29) is 5.75 Å². The number of phenolic OH excluding ortho intramolecular Hbond substituents is 1. The molecule has 0 saturated carbocycles. The lowest BCUT2D eigenvalue weighted by Gasteiger charge is -2.03. The number of halogens is 3. The molecule has 0 bridgehead atoms. The van der Waals surface area contributed by atoms with E-state index in [1.54, 1.807) is 24.4 Å². The van der Waals surface area contributed by atoms with E-state index in [2.05, 4.69) is 63.3 Å². The van der Waals surface area contributed by atoms with Crippen LogP contribution in [-0.4, -0.2) is 22.2 Å². The predicted molar refractivity (Wildman–Crippen MR) is 90.5 cm³/mol. The number of rotatable bonds is 3. The quantitative estimate of drug-likeness (QED) is 0.521. The topological polar surface area (TPSA) is 74.6 Å². The van der Waals surface area contributed by atoms with Gasteiger partial charge in [-0.15, -0.1) is 0 Å². The summed E-state index contributed by atoms with van der Waals surface area (Å²) in [6.45, 7) is 0. The number of benzene rings is 1. The number of pyridine rings is 1. The summed E-state index contributed by atoms with van der Waals surface area (Å²) in [6, 6.07) is 5.01. The summed E-state index contributed by atoms with van der Waals surface area (Å²) in [5, 5.41) is 13.7. The number of hydrogen-bond donors (Lipinski definition) is 2. The Balaban J connectivity index is 2.11. The molecule has 0 unspecified atom stereocenters. The molecule has 0 atom stereocenters. The summed E-state index contributed by atoms with van der Waals surface area (Å²) in [6.07, 6.45) is 4.37. The zero-order chi connectivity index (χ0) is 15.4. The van der Waals surface area contributed by atoms with Crippen LogP contribution in [0.15, 0.2) is 49.1 Å². The van der Waals surface area contributed by atoms with Gasteiger partial charge in [0.15, 0.2) is 0 Å². The summed E-state index contributed by atoms with van der Waals surface area (Å²) in [4.78, 5) is 15.7. The highest BCUT2D eigenvalue weighted by Gasteiger charge is 2.07. The minimum atomic E-state index is -0.395.